The van der Waals surface area contributed by atoms with E-state index in [0.717, 1.165) is 10.7 Å². The van der Waals surface area contributed by atoms with Crippen LogP contribution in [0.1, 0.15) is 16.2 Å². The van der Waals surface area contributed by atoms with Crippen LogP contribution < -0.4 is 0 Å². The molecule has 0 N–H and O–H groups in total. The maximum absolute atomic E-state index is 12.8. The Morgan fingerprint density at radius 3 is 3.08 bits per heavy atom. The molecule has 2 aliphatic rings. The van der Waals surface area contributed by atoms with Gasteiger partial charge in [-0.15, -0.1) is 11.3 Å². The molecule has 2 atom stereocenters. The second-order valence-corrected chi connectivity index (χ2v) is 7.24. The number of aromatic nitrogens is 3. The number of fused-ring (bicyclic) bond motifs is 2. The SMILES string of the molecule is O=C(c1cn2ccsc2n1)N1C[C@H]2OC(=O)N(Cc3ccccn3)[C@H]2C1. The number of carbonyl (C=O) groups excluding carboxylic acids is 2. The van der Waals surface area contributed by atoms with Gasteiger partial charge in [0.05, 0.1) is 24.8 Å². The van der Waals surface area contributed by atoms with Gasteiger partial charge in [-0.1, -0.05) is 6.07 Å². The molecule has 2 fully saturated rings. The molecule has 0 saturated carbocycles. The molecular weight excluding hydrogens is 354 g/mol. The second-order valence-electron chi connectivity index (χ2n) is 6.37. The molecule has 132 valence electrons. The molecule has 0 aliphatic carbocycles. The molecule has 0 spiro atoms. The molecule has 2 saturated heterocycles. The minimum atomic E-state index is -0.347. The summed E-state index contributed by atoms with van der Waals surface area (Å²) in [4.78, 5) is 37.8. The summed E-state index contributed by atoms with van der Waals surface area (Å²) in [5.74, 6) is -0.135. The van der Waals surface area contributed by atoms with Gasteiger partial charge in [0.1, 0.15) is 11.8 Å². The highest BCUT2D eigenvalue weighted by Crippen LogP contribution is 2.29. The van der Waals surface area contributed by atoms with E-state index in [9.17, 15) is 9.59 Å². The largest absolute Gasteiger partial charge is 0.442 e. The molecule has 26 heavy (non-hydrogen) atoms. The Morgan fingerprint density at radius 1 is 1.35 bits per heavy atom. The number of hydrogen-bond donors (Lipinski definition) is 0. The van der Waals surface area contributed by atoms with E-state index in [-0.39, 0.29) is 24.1 Å². The third kappa shape index (κ3) is 2.43. The van der Waals surface area contributed by atoms with Crippen LogP contribution in [0.3, 0.4) is 0 Å². The van der Waals surface area contributed by atoms with Crippen LogP contribution in [-0.2, 0) is 11.3 Å². The van der Waals surface area contributed by atoms with E-state index >= 15 is 0 Å². The molecule has 0 aromatic carbocycles. The molecular formula is C17H15N5O3S. The predicted molar refractivity (Wildman–Crippen MR) is 92.8 cm³/mol. The van der Waals surface area contributed by atoms with Crippen LogP contribution >= 0.6 is 11.3 Å². The number of imidazole rings is 1. The maximum atomic E-state index is 12.8. The first-order valence-corrected chi connectivity index (χ1v) is 9.15. The lowest BCUT2D eigenvalue weighted by Crippen LogP contribution is -2.39. The lowest BCUT2D eigenvalue weighted by molar-refractivity contribution is 0.0721. The highest BCUT2D eigenvalue weighted by Gasteiger charge is 2.49. The van der Waals surface area contributed by atoms with Crippen LogP contribution in [0.25, 0.3) is 4.96 Å². The average molecular weight is 369 g/mol. The van der Waals surface area contributed by atoms with Crippen molar-refractivity contribution < 1.29 is 14.3 Å². The predicted octanol–water partition coefficient (Wildman–Crippen LogP) is 1.64. The molecule has 9 heteroatoms. The smallest absolute Gasteiger partial charge is 0.410 e. The summed E-state index contributed by atoms with van der Waals surface area (Å²) in [6.45, 7) is 1.20. The molecule has 3 aromatic rings. The summed E-state index contributed by atoms with van der Waals surface area (Å²) in [6, 6.07) is 5.43. The molecule has 0 radical (unpaired) electrons. The third-order valence-electron chi connectivity index (χ3n) is 4.78. The van der Waals surface area contributed by atoms with Crippen molar-refractivity contribution in [2.75, 3.05) is 13.1 Å². The highest BCUT2D eigenvalue weighted by atomic mass is 32.1. The molecule has 0 unspecified atom stereocenters. The summed E-state index contributed by atoms with van der Waals surface area (Å²) in [5.41, 5.74) is 1.21. The van der Waals surface area contributed by atoms with Crippen molar-refractivity contribution in [2.45, 2.75) is 18.7 Å². The van der Waals surface area contributed by atoms with Gasteiger partial charge >= 0.3 is 6.09 Å². The Labute approximate surface area is 152 Å². The van der Waals surface area contributed by atoms with Gasteiger partial charge in [-0.05, 0) is 12.1 Å². The number of carbonyl (C=O) groups is 2. The number of amides is 2. The summed E-state index contributed by atoms with van der Waals surface area (Å²) in [5, 5.41) is 1.92. The number of nitrogens with zero attached hydrogens (tertiary/aromatic N) is 5. The zero-order valence-electron chi connectivity index (χ0n) is 13.7. The standard InChI is InChI=1S/C17H15N5O3S/c23-15(12-8-20-5-6-26-16(20)19-12)21-9-13-14(10-21)25-17(24)22(13)7-11-3-1-2-4-18-11/h1-6,8,13-14H,7,9-10H2/t13-,14+/m0/s1. The first kappa shape index (κ1) is 15.3. The summed E-state index contributed by atoms with van der Waals surface area (Å²) in [7, 11) is 0. The number of ether oxygens (including phenoxy) is 1. The molecule has 2 amide bonds. The molecule has 0 bridgehead atoms. The second kappa shape index (κ2) is 5.80. The van der Waals surface area contributed by atoms with Crippen LogP contribution in [0.5, 0.6) is 0 Å². The van der Waals surface area contributed by atoms with Gasteiger partial charge in [-0.3, -0.25) is 19.1 Å². The van der Waals surface area contributed by atoms with E-state index in [1.165, 1.54) is 11.3 Å². The Morgan fingerprint density at radius 2 is 2.27 bits per heavy atom. The fraction of sp³-hybridized carbons (Fsp3) is 0.294. The van der Waals surface area contributed by atoms with Crippen molar-refractivity contribution in [3.63, 3.8) is 0 Å². The fourth-order valence-corrected chi connectivity index (χ4v) is 4.21. The third-order valence-corrected chi connectivity index (χ3v) is 5.55. The van der Waals surface area contributed by atoms with E-state index in [1.54, 1.807) is 22.2 Å². The van der Waals surface area contributed by atoms with Crippen LogP contribution in [0, 0.1) is 0 Å². The van der Waals surface area contributed by atoms with Gasteiger partial charge < -0.3 is 9.64 Å². The number of rotatable bonds is 3. The summed E-state index contributed by atoms with van der Waals surface area (Å²) >= 11 is 1.48. The normalized spacial score (nSPS) is 22.1. The van der Waals surface area contributed by atoms with E-state index in [0.29, 0.717) is 25.3 Å². The fourth-order valence-electron chi connectivity index (χ4n) is 3.51. The van der Waals surface area contributed by atoms with Gasteiger partial charge in [0.15, 0.2) is 4.96 Å². The van der Waals surface area contributed by atoms with E-state index in [2.05, 4.69) is 9.97 Å². The van der Waals surface area contributed by atoms with Gasteiger partial charge in [0.2, 0.25) is 0 Å². The zero-order chi connectivity index (χ0) is 17.7. The summed E-state index contributed by atoms with van der Waals surface area (Å²) < 4.78 is 7.31. The number of hydrogen-bond acceptors (Lipinski definition) is 6. The Balaban J connectivity index is 1.33. The first-order valence-electron chi connectivity index (χ1n) is 8.28. The van der Waals surface area contributed by atoms with E-state index < -0.39 is 0 Å². The number of pyridine rings is 1. The van der Waals surface area contributed by atoms with Crippen molar-refractivity contribution in [3.8, 4) is 0 Å². The lowest BCUT2D eigenvalue weighted by atomic mass is 10.2. The maximum Gasteiger partial charge on any atom is 0.410 e. The molecule has 5 heterocycles. The Bertz CT molecular complexity index is 956. The van der Waals surface area contributed by atoms with E-state index in [1.807, 2.05) is 34.2 Å². The van der Waals surface area contributed by atoms with E-state index in [4.69, 9.17) is 4.74 Å². The first-order chi connectivity index (χ1) is 12.7. The molecule has 8 nitrogen and oxygen atoms in total. The van der Waals surface area contributed by atoms with Gasteiger partial charge in [0.25, 0.3) is 5.91 Å². The minimum Gasteiger partial charge on any atom is -0.442 e. The molecule has 3 aromatic heterocycles. The molecule has 5 rings (SSSR count). The van der Waals surface area contributed by atoms with Crippen molar-refractivity contribution in [3.05, 3.63) is 53.6 Å². The number of likely N-dealkylation sites (tertiary alicyclic amines) is 1. The van der Waals surface area contributed by atoms with Crippen molar-refractivity contribution >= 4 is 28.3 Å². The monoisotopic (exact) mass is 369 g/mol. The topological polar surface area (TPSA) is 80.0 Å². The highest BCUT2D eigenvalue weighted by molar-refractivity contribution is 7.15. The minimum absolute atomic E-state index is 0.135. The number of thiazole rings is 1. The molecule has 2 aliphatic heterocycles. The van der Waals surface area contributed by atoms with Crippen molar-refractivity contribution in [1.29, 1.82) is 0 Å². The van der Waals surface area contributed by atoms with Crippen LogP contribution in [0.4, 0.5) is 4.79 Å². The van der Waals surface area contributed by atoms with Gasteiger partial charge in [-0.25, -0.2) is 9.78 Å². The van der Waals surface area contributed by atoms with Crippen molar-refractivity contribution in [2.24, 2.45) is 0 Å². The zero-order valence-corrected chi connectivity index (χ0v) is 14.5. The Hall–Kier alpha value is -2.94. The van der Waals surface area contributed by atoms with Gasteiger partial charge in [-0.2, -0.15) is 0 Å². The quantitative estimate of drug-likeness (QED) is 0.701. The average Bonchev–Trinajstić information content (AvgIpc) is 3.37. The van der Waals surface area contributed by atoms with Crippen LogP contribution in [-0.4, -0.2) is 61.4 Å². The van der Waals surface area contributed by atoms with Gasteiger partial charge in [0, 0.05) is 30.5 Å². The lowest BCUT2D eigenvalue weighted by Gasteiger charge is -2.21. The van der Waals surface area contributed by atoms with Crippen LogP contribution in [0.2, 0.25) is 0 Å². The van der Waals surface area contributed by atoms with Crippen LogP contribution in [0.15, 0.2) is 42.2 Å². The Kier molecular flexibility index (Phi) is 3.42. The summed E-state index contributed by atoms with van der Waals surface area (Å²) in [6.07, 6.45) is 4.65. The van der Waals surface area contributed by atoms with Crippen molar-refractivity contribution in [1.82, 2.24) is 24.2 Å².